The molecule has 0 atom stereocenters. The fourth-order valence-electron chi connectivity index (χ4n) is 3.52. The highest BCUT2D eigenvalue weighted by Gasteiger charge is 2.30. The molecule has 0 N–H and O–H groups in total. The summed E-state index contributed by atoms with van der Waals surface area (Å²) in [6.07, 6.45) is 4.08. The molecule has 5 nitrogen and oxygen atoms in total. The van der Waals surface area contributed by atoms with E-state index in [0.29, 0.717) is 18.0 Å². The number of rotatable bonds is 7. The van der Waals surface area contributed by atoms with Crippen LogP contribution in [0.4, 0.5) is 0 Å². The summed E-state index contributed by atoms with van der Waals surface area (Å²) in [6, 6.07) is 22.2. The maximum Gasteiger partial charge on any atom is 0.191 e. The molecule has 4 aromatic rings. The van der Waals surface area contributed by atoms with Crippen LogP contribution in [0, 0.1) is 11.3 Å². The molecule has 5 rings (SSSR count). The Labute approximate surface area is 179 Å². The molecule has 1 aliphatic rings. The summed E-state index contributed by atoms with van der Waals surface area (Å²) < 4.78 is 7.74. The molecule has 0 amide bonds. The van der Waals surface area contributed by atoms with E-state index in [2.05, 4.69) is 45.1 Å². The van der Waals surface area contributed by atoms with Gasteiger partial charge in [-0.3, -0.25) is 4.57 Å². The van der Waals surface area contributed by atoms with E-state index in [4.69, 9.17) is 4.42 Å². The monoisotopic (exact) mass is 412 g/mol. The highest BCUT2D eigenvalue weighted by Crippen LogP contribution is 2.40. The molecule has 2 aromatic carbocycles. The van der Waals surface area contributed by atoms with Crippen LogP contribution in [0.15, 0.2) is 76.5 Å². The van der Waals surface area contributed by atoms with E-state index in [1.54, 1.807) is 18.0 Å². The average Bonchev–Trinajstić information content (AvgIpc) is 3.36. The zero-order valence-electron chi connectivity index (χ0n) is 16.4. The first kappa shape index (κ1) is 18.7. The fraction of sp³-hybridized carbons (Fsp3) is 0.208. The van der Waals surface area contributed by atoms with E-state index in [0.717, 1.165) is 33.6 Å². The summed E-state index contributed by atoms with van der Waals surface area (Å²) >= 11 is 1.69. The zero-order valence-corrected chi connectivity index (χ0v) is 17.2. The van der Waals surface area contributed by atoms with Crippen molar-refractivity contribution in [3.63, 3.8) is 0 Å². The van der Waals surface area contributed by atoms with E-state index >= 15 is 0 Å². The largest absolute Gasteiger partial charge is 0.467 e. The van der Waals surface area contributed by atoms with Crippen molar-refractivity contribution in [1.29, 1.82) is 5.26 Å². The van der Waals surface area contributed by atoms with E-state index in [-0.39, 0.29) is 0 Å². The lowest BCUT2D eigenvalue weighted by atomic mass is 10.00. The van der Waals surface area contributed by atoms with Crippen LogP contribution in [-0.2, 0) is 12.3 Å². The molecule has 0 bridgehead atoms. The Balaban J connectivity index is 1.32. The Hall–Kier alpha value is -3.30. The molecular formula is C24H20N4OS. The molecule has 0 unspecified atom stereocenters. The first-order chi connectivity index (χ1) is 14.8. The predicted molar refractivity (Wildman–Crippen MR) is 116 cm³/mol. The number of furan rings is 1. The lowest BCUT2D eigenvalue weighted by molar-refractivity contribution is 0.478. The van der Waals surface area contributed by atoms with Crippen molar-refractivity contribution in [2.24, 2.45) is 0 Å². The van der Waals surface area contributed by atoms with Gasteiger partial charge in [-0.25, -0.2) is 0 Å². The van der Waals surface area contributed by atoms with Crippen LogP contribution in [0.2, 0.25) is 0 Å². The molecule has 2 aromatic heterocycles. The summed E-state index contributed by atoms with van der Waals surface area (Å²) in [6.45, 7) is 0.665. The number of nitrogens with zero attached hydrogens (tertiary/aromatic N) is 4. The molecule has 1 fully saturated rings. The standard InChI is InChI=1S/C24H20N4OS/c25-14-20-4-1-2-6-22(20)18-9-7-17(8-10-18)16-30-24-27-26-23(19-11-12-19)28(24)15-21-5-3-13-29-21/h1-10,13,19H,11-12,15-16H2. The second-order valence-electron chi connectivity index (χ2n) is 7.42. The van der Waals surface area contributed by atoms with Crippen LogP contribution in [0.3, 0.4) is 0 Å². The Bertz CT molecular complexity index is 1180. The van der Waals surface area contributed by atoms with E-state index in [1.807, 2.05) is 36.4 Å². The minimum absolute atomic E-state index is 0.529. The predicted octanol–water partition coefficient (Wildman–Crippen LogP) is 5.63. The van der Waals surface area contributed by atoms with Gasteiger partial charge in [-0.15, -0.1) is 10.2 Å². The van der Waals surface area contributed by atoms with Gasteiger partial charge in [0.05, 0.1) is 24.4 Å². The van der Waals surface area contributed by atoms with E-state index in [1.165, 1.54) is 18.4 Å². The van der Waals surface area contributed by atoms with Crippen LogP contribution >= 0.6 is 11.8 Å². The summed E-state index contributed by atoms with van der Waals surface area (Å²) in [5.74, 6) is 3.32. The number of thioether (sulfide) groups is 1. The lowest BCUT2D eigenvalue weighted by Gasteiger charge is -2.09. The molecule has 2 heterocycles. The number of hydrogen-bond acceptors (Lipinski definition) is 5. The summed E-state index contributed by atoms with van der Waals surface area (Å²) in [7, 11) is 0. The number of hydrogen-bond donors (Lipinski definition) is 0. The van der Waals surface area contributed by atoms with Crippen LogP contribution in [0.5, 0.6) is 0 Å². The first-order valence-electron chi connectivity index (χ1n) is 9.98. The quantitative estimate of drug-likeness (QED) is 0.368. The Kier molecular flexibility index (Phi) is 5.12. The molecule has 148 valence electrons. The summed E-state index contributed by atoms with van der Waals surface area (Å²) in [5.41, 5.74) is 3.92. The molecule has 1 saturated carbocycles. The minimum atomic E-state index is 0.529. The van der Waals surface area contributed by atoms with Crippen molar-refractivity contribution >= 4 is 11.8 Å². The number of nitriles is 1. The second-order valence-corrected chi connectivity index (χ2v) is 8.37. The SMILES string of the molecule is N#Cc1ccccc1-c1ccc(CSc2nnc(C3CC3)n2Cc2ccco2)cc1. The molecule has 0 aliphatic heterocycles. The molecule has 0 radical (unpaired) electrons. The maximum absolute atomic E-state index is 9.33. The molecular weight excluding hydrogens is 392 g/mol. The van der Waals surface area contributed by atoms with Gasteiger partial charge in [-0.05, 0) is 47.7 Å². The number of aromatic nitrogens is 3. The highest BCUT2D eigenvalue weighted by atomic mass is 32.2. The van der Waals surface area contributed by atoms with Gasteiger partial charge in [0.1, 0.15) is 11.6 Å². The highest BCUT2D eigenvalue weighted by molar-refractivity contribution is 7.98. The molecule has 30 heavy (non-hydrogen) atoms. The average molecular weight is 413 g/mol. The van der Waals surface area contributed by atoms with Crippen LogP contribution < -0.4 is 0 Å². The molecule has 6 heteroatoms. The van der Waals surface area contributed by atoms with Crippen molar-refractivity contribution in [1.82, 2.24) is 14.8 Å². The van der Waals surface area contributed by atoms with Crippen molar-refractivity contribution in [2.45, 2.75) is 36.2 Å². The van der Waals surface area contributed by atoms with Crippen LogP contribution in [0.1, 0.15) is 41.5 Å². The van der Waals surface area contributed by atoms with Crippen LogP contribution in [0.25, 0.3) is 11.1 Å². The molecule has 1 aliphatic carbocycles. The van der Waals surface area contributed by atoms with Gasteiger partial charge < -0.3 is 4.42 Å². The maximum atomic E-state index is 9.33. The van der Waals surface area contributed by atoms with E-state index in [9.17, 15) is 5.26 Å². The Morgan fingerprint density at radius 2 is 1.87 bits per heavy atom. The van der Waals surface area contributed by atoms with Crippen molar-refractivity contribution < 1.29 is 4.42 Å². The van der Waals surface area contributed by atoms with Gasteiger partial charge in [0.15, 0.2) is 5.16 Å². The van der Waals surface area contributed by atoms with Gasteiger partial charge in [0, 0.05) is 11.7 Å². The fourth-order valence-corrected chi connectivity index (χ4v) is 4.42. The van der Waals surface area contributed by atoms with Crippen molar-refractivity contribution in [2.75, 3.05) is 0 Å². The van der Waals surface area contributed by atoms with Crippen LogP contribution in [-0.4, -0.2) is 14.8 Å². The topological polar surface area (TPSA) is 67.6 Å². The third-order valence-electron chi connectivity index (χ3n) is 5.26. The van der Waals surface area contributed by atoms with Gasteiger partial charge in [-0.2, -0.15) is 5.26 Å². The van der Waals surface area contributed by atoms with Gasteiger partial charge in [-0.1, -0.05) is 54.2 Å². The Morgan fingerprint density at radius 1 is 1.03 bits per heavy atom. The third-order valence-corrected chi connectivity index (χ3v) is 6.30. The lowest BCUT2D eigenvalue weighted by Crippen LogP contribution is -2.05. The van der Waals surface area contributed by atoms with Crippen molar-refractivity contribution in [3.8, 4) is 17.2 Å². The van der Waals surface area contributed by atoms with Crippen molar-refractivity contribution in [3.05, 3.63) is 89.6 Å². The van der Waals surface area contributed by atoms with Gasteiger partial charge >= 0.3 is 0 Å². The third kappa shape index (κ3) is 3.89. The van der Waals surface area contributed by atoms with Gasteiger partial charge in [0.2, 0.25) is 0 Å². The normalized spacial score (nSPS) is 13.3. The first-order valence-corrected chi connectivity index (χ1v) is 11.0. The summed E-state index contributed by atoms with van der Waals surface area (Å²) in [5, 5.41) is 19.2. The molecule has 0 spiro atoms. The molecule has 0 saturated heterocycles. The second kappa shape index (κ2) is 8.21. The smallest absolute Gasteiger partial charge is 0.191 e. The number of benzene rings is 2. The van der Waals surface area contributed by atoms with Gasteiger partial charge in [0.25, 0.3) is 0 Å². The van der Waals surface area contributed by atoms with E-state index < -0.39 is 0 Å². The minimum Gasteiger partial charge on any atom is -0.467 e. The zero-order chi connectivity index (χ0) is 20.3. The Morgan fingerprint density at radius 3 is 2.60 bits per heavy atom. The summed E-state index contributed by atoms with van der Waals surface area (Å²) in [4.78, 5) is 0.